The summed E-state index contributed by atoms with van der Waals surface area (Å²) in [6.07, 6.45) is -5.12. The maximum Gasteiger partial charge on any atom is 0.436 e. The van der Waals surface area contributed by atoms with Crippen LogP contribution >= 0.6 is 0 Å². The minimum absolute atomic E-state index is 0.0481. The summed E-state index contributed by atoms with van der Waals surface area (Å²) in [6.45, 7) is -0.489. The summed E-state index contributed by atoms with van der Waals surface area (Å²) in [7, 11) is -4.44. The Labute approximate surface area is 137 Å². The Balaban J connectivity index is 2.06. The van der Waals surface area contributed by atoms with Crippen LogP contribution in [0.15, 0.2) is 59.5 Å². The average molecular weight is 357 g/mol. The minimum Gasteiger partial charge on any atom is -0.363 e. The van der Waals surface area contributed by atoms with E-state index in [4.69, 9.17) is 0 Å². The van der Waals surface area contributed by atoms with Gasteiger partial charge in [-0.15, -0.1) is 0 Å². The van der Waals surface area contributed by atoms with Crippen LogP contribution in [0.3, 0.4) is 0 Å². The first-order valence-corrected chi connectivity index (χ1v) is 8.58. The van der Waals surface area contributed by atoms with Gasteiger partial charge in [-0.2, -0.15) is 17.5 Å². The summed E-state index contributed by atoms with van der Waals surface area (Å²) >= 11 is 0. The third-order valence-corrected chi connectivity index (χ3v) is 5.97. The van der Waals surface area contributed by atoms with Crippen molar-refractivity contribution in [2.75, 3.05) is 6.54 Å². The first-order chi connectivity index (χ1) is 11.2. The molecule has 1 aliphatic heterocycles. The van der Waals surface area contributed by atoms with E-state index in [2.05, 4.69) is 0 Å². The molecule has 1 heterocycles. The molecule has 128 valence electrons. The maximum absolute atomic E-state index is 13.6. The standard InChI is InChI=1S/C16H14F3NO3S/c17-16(18,19)15(21)13-8-4-5-9-14(13)24(22,23)20(15)11-10-12-6-2-1-3-7-12/h1-9,21H,10-11H2. The molecule has 8 heteroatoms. The average Bonchev–Trinajstić information content (AvgIpc) is 2.72. The monoisotopic (exact) mass is 357 g/mol. The largest absolute Gasteiger partial charge is 0.436 e. The second-order valence-electron chi connectivity index (χ2n) is 5.48. The van der Waals surface area contributed by atoms with Crippen LogP contribution in [0.2, 0.25) is 0 Å². The molecule has 3 rings (SSSR count). The van der Waals surface area contributed by atoms with Gasteiger partial charge in [0, 0.05) is 12.1 Å². The molecule has 1 atom stereocenters. The predicted octanol–water partition coefficient (Wildman–Crippen LogP) is 2.64. The van der Waals surface area contributed by atoms with Crippen molar-refractivity contribution in [3.63, 3.8) is 0 Å². The molecule has 0 aliphatic carbocycles. The van der Waals surface area contributed by atoms with E-state index in [0.717, 1.165) is 12.1 Å². The molecule has 0 aromatic heterocycles. The first kappa shape index (κ1) is 16.9. The molecular formula is C16H14F3NO3S. The lowest BCUT2D eigenvalue weighted by Gasteiger charge is -2.34. The van der Waals surface area contributed by atoms with Crippen LogP contribution in [-0.2, 0) is 22.2 Å². The van der Waals surface area contributed by atoms with Crippen molar-refractivity contribution in [2.24, 2.45) is 0 Å². The van der Waals surface area contributed by atoms with E-state index in [0.29, 0.717) is 5.56 Å². The molecule has 0 radical (unpaired) electrons. The zero-order chi connectivity index (χ0) is 17.6. The fraction of sp³-hybridized carbons (Fsp3) is 0.250. The van der Waals surface area contributed by atoms with E-state index in [1.165, 1.54) is 12.1 Å². The van der Waals surface area contributed by atoms with Crippen LogP contribution in [0.5, 0.6) is 0 Å². The topological polar surface area (TPSA) is 57.6 Å². The molecular weight excluding hydrogens is 343 g/mol. The predicted molar refractivity (Wildman–Crippen MR) is 80.4 cm³/mol. The molecule has 0 saturated carbocycles. The summed E-state index contributed by atoms with van der Waals surface area (Å²) in [5.74, 6) is 0. The number of alkyl halides is 3. The normalized spacial score (nSPS) is 23.2. The molecule has 0 fully saturated rings. The van der Waals surface area contributed by atoms with Gasteiger partial charge in [-0.1, -0.05) is 48.5 Å². The van der Waals surface area contributed by atoms with Crippen molar-refractivity contribution in [1.29, 1.82) is 0 Å². The smallest absolute Gasteiger partial charge is 0.363 e. The molecule has 1 unspecified atom stereocenters. The van der Waals surface area contributed by atoms with E-state index in [9.17, 15) is 26.7 Å². The number of rotatable bonds is 3. The Hall–Kier alpha value is -1.90. The lowest BCUT2D eigenvalue weighted by atomic mass is 10.0. The van der Waals surface area contributed by atoms with Gasteiger partial charge in [-0.3, -0.25) is 0 Å². The van der Waals surface area contributed by atoms with Gasteiger partial charge in [0.05, 0.1) is 4.90 Å². The Morgan fingerprint density at radius 3 is 2.21 bits per heavy atom. The Kier molecular flexibility index (Phi) is 3.94. The Bertz CT molecular complexity index is 852. The number of hydrogen-bond acceptors (Lipinski definition) is 3. The molecule has 1 N–H and O–H groups in total. The van der Waals surface area contributed by atoms with Crippen molar-refractivity contribution in [3.8, 4) is 0 Å². The van der Waals surface area contributed by atoms with Crippen molar-refractivity contribution >= 4 is 10.0 Å². The molecule has 2 aromatic carbocycles. The van der Waals surface area contributed by atoms with Gasteiger partial charge in [0.15, 0.2) is 0 Å². The first-order valence-electron chi connectivity index (χ1n) is 7.14. The number of halogens is 3. The van der Waals surface area contributed by atoms with E-state index in [-0.39, 0.29) is 10.7 Å². The molecule has 1 aliphatic rings. The summed E-state index contributed by atoms with van der Waals surface area (Å²) < 4.78 is 66.0. The molecule has 0 saturated heterocycles. The minimum atomic E-state index is -5.16. The molecule has 0 spiro atoms. The fourth-order valence-electron chi connectivity index (χ4n) is 2.86. The van der Waals surface area contributed by atoms with Crippen LogP contribution in [0, 0.1) is 0 Å². The Morgan fingerprint density at radius 1 is 1.00 bits per heavy atom. The molecule has 0 bridgehead atoms. The van der Waals surface area contributed by atoms with E-state index >= 15 is 0 Å². The van der Waals surface area contributed by atoms with Crippen molar-refractivity contribution in [2.45, 2.75) is 23.2 Å². The lowest BCUT2D eigenvalue weighted by molar-refractivity contribution is -0.304. The molecule has 2 aromatic rings. The highest BCUT2D eigenvalue weighted by atomic mass is 32.2. The molecule has 24 heavy (non-hydrogen) atoms. The highest BCUT2D eigenvalue weighted by Crippen LogP contribution is 2.51. The summed E-state index contributed by atoms with van der Waals surface area (Å²) in [6, 6.07) is 13.2. The van der Waals surface area contributed by atoms with Gasteiger partial charge in [0.25, 0.3) is 5.72 Å². The number of sulfonamides is 1. The second kappa shape index (κ2) is 5.58. The zero-order valence-corrected chi connectivity index (χ0v) is 13.2. The van der Waals surface area contributed by atoms with Crippen molar-refractivity contribution in [3.05, 3.63) is 65.7 Å². The number of fused-ring (bicyclic) bond motifs is 1. The summed E-state index contributed by atoms with van der Waals surface area (Å²) in [5.41, 5.74) is -3.55. The highest BCUT2D eigenvalue weighted by Gasteiger charge is 2.67. The summed E-state index contributed by atoms with van der Waals surface area (Å²) in [4.78, 5) is -0.516. The number of benzene rings is 2. The lowest BCUT2D eigenvalue weighted by Crippen LogP contribution is -2.54. The molecule has 4 nitrogen and oxygen atoms in total. The van der Waals surface area contributed by atoms with Gasteiger partial charge >= 0.3 is 6.18 Å². The SMILES string of the molecule is O=S1(=O)c2ccccc2C(O)(C(F)(F)F)N1CCc1ccccc1. The van der Waals surface area contributed by atoms with Gasteiger partial charge in [-0.25, -0.2) is 8.42 Å². The van der Waals surface area contributed by atoms with Gasteiger partial charge in [0.2, 0.25) is 10.0 Å². The number of hydrogen-bond donors (Lipinski definition) is 1. The fourth-order valence-corrected chi connectivity index (χ4v) is 4.72. The van der Waals surface area contributed by atoms with Gasteiger partial charge < -0.3 is 5.11 Å². The van der Waals surface area contributed by atoms with Gasteiger partial charge in [-0.05, 0) is 18.1 Å². The highest BCUT2D eigenvalue weighted by molar-refractivity contribution is 7.89. The summed E-state index contributed by atoms with van der Waals surface area (Å²) in [5, 5.41) is 10.4. The van der Waals surface area contributed by atoms with Crippen LogP contribution in [0.4, 0.5) is 13.2 Å². The maximum atomic E-state index is 13.6. The third kappa shape index (κ3) is 2.42. The van der Waals surface area contributed by atoms with E-state index in [1.54, 1.807) is 30.3 Å². The zero-order valence-electron chi connectivity index (χ0n) is 12.4. The van der Waals surface area contributed by atoms with Gasteiger partial charge in [0.1, 0.15) is 0 Å². The van der Waals surface area contributed by atoms with Crippen LogP contribution in [-0.4, -0.2) is 30.6 Å². The molecule has 0 amide bonds. The number of nitrogens with zero attached hydrogens (tertiary/aromatic N) is 1. The van der Waals surface area contributed by atoms with Crippen LogP contribution in [0.25, 0.3) is 0 Å². The van der Waals surface area contributed by atoms with Crippen LogP contribution < -0.4 is 0 Å². The van der Waals surface area contributed by atoms with Crippen molar-refractivity contribution < 1.29 is 26.7 Å². The Morgan fingerprint density at radius 2 is 1.58 bits per heavy atom. The number of aliphatic hydroxyl groups is 1. The third-order valence-electron chi connectivity index (χ3n) is 4.03. The quantitative estimate of drug-likeness (QED) is 0.919. The van der Waals surface area contributed by atoms with E-state index in [1.807, 2.05) is 0 Å². The van der Waals surface area contributed by atoms with E-state index < -0.39 is 38.9 Å². The second-order valence-corrected chi connectivity index (χ2v) is 7.31. The van der Waals surface area contributed by atoms with Crippen LogP contribution in [0.1, 0.15) is 11.1 Å². The van der Waals surface area contributed by atoms with Crippen molar-refractivity contribution in [1.82, 2.24) is 4.31 Å².